The third-order valence-electron chi connectivity index (χ3n) is 11.9. The van der Waals surface area contributed by atoms with Gasteiger partial charge >= 0.3 is 0 Å². The van der Waals surface area contributed by atoms with Gasteiger partial charge < -0.3 is 18.0 Å². The van der Waals surface area contributed by atoms with Crippen molar-refractivity contribution in [3.8, 4) is 33.6 Å². The second-order valence-corrected chi connectivity index (χ2v) is 15.0. The van der Waals surface area contributed by atoms with Gasteiger partial charge in [-0.2, -0.15) is 0 Å². The Balaban J connectivity index is 1.12. The standard InChI is InChI=1S/C54H32N2O2/c1-6-19-46-38(12-1)39-13-2-7-20-47(39)55(46)35-26-27-49-43(32-35)40-14-3-8-21-48(40)56(49)54-36(33-24-28-52-44(30-33)41-15-4-9-22-50(41)57-52)17-11-18-37(54)34-25-29-53-45(31-34)42-16-5-10-23-51(42)58-53/h1-32H/i1D,6D,12D,19D. The quantitative estimate of drug-likeness (QED) is 0.180. The lowest BCUT2D eigenvalue weighted by atomic mass is 9.94. The van der Waals surface area contributed by atoms with Crippen molar-refractivity contribution in [3.63, 3.8) is 0 Å². The second kappa shape index (κ2) is 11.8. The molecule has 270 valence electrons. The van der Waals surface area contributed by atoms with Crippen LogP contribution in [0.3, 0.4) is 0 Å². The van der Waals surface area contributed by atoms with Crippen LogP contribution >= 0.6 is 0 Å². The Bertz CT molecular complexity index is 3920. The lowest BCUT2D eigenvalue weighted by molar-refractivity contribution is 0.668. The number of furan rings is 2. The van der Waals surface area contributed by atoms with E-state index < -0.39 is 0 Å². The molecule has 0 aliphatic rings. The monoisotopic (exact) mass is 744 g/mol. The molecule has 13 rings (SSSR count). The van der Waals surface area contributed by atoms with E-state index in [0.29, 0.717) is 10.9 Å². The van der Waals surface area contributed by atoms with E-state index in [1.165, 1.54) is 0 Å². The first-order valence-electron chi connectivity index (χ1n) is 21.4. The Labute approximate surface area is 337 Å². The summed E-state index contributed by atoms with van der Waals surface area (Å²) in [7, 11) is 0. The molecule has 0 aliphatic heterocycles. The molecule has 9 aromatic carbocycles. The van der Waals surface area contributed by atoms with Crippen molar-refractivity contribution >= 4 is 87.5 Å². The van der Waals surface area contributed by atoms with Gasteiger partial charge in [-0.3, -0.25) is 0 Å². The van der Waals surface area contributed by atoms with Crippen molar-refractivity contribution in [2.45, 2.75) is 0 Å². The molecule has 0 fully saturated rings. The van der Waals surface area contributed by atoms with Gasteiger partial charge in [-0.1, -0.05) is 121 Å². The molecule has 4 aromatic heterocycles. The maximum Gasteiger partial charge on any atom is 0.135 e. The van der Waals surface area contributed by atoms with Gasteiger partial charge in [0.2, 0.25) is 0 Å². The molecule has 4 heterocycles. The summed E-state index contributed by atoms with van der Waals surface area (Å²) >= 11 is 0. The predicted molar refractivity (Wildman–Crippen MR) is 241 cm³/mol. The molecule has 13 aromatic rings. The highest BCUT2D eigenvalue weighted by Crippen LogP contribution is 2.44. The van der Waals surface area contributed by atoms with Gasteiger partial charge in [-0.05, 0) is 83.9 Å². The summed E-state index contributed by atoms with van der Waals surface area (Å²) < 4.78 is 52.2. The number of rotatable bonds is 4. The van der Waals surface area contributed by atoms with Crippen LogP contribution in [0, 0.1) is 0 Å². The third kappa shape index (κ3) is 4.40. The molecular weight excluding hydrogens is 709 g/mol. The normalized spacial score (nSPS) is 13.1. The first-order valence-corrected chi connectivity index (χ1v) is 19.4. The van der Waals surface area contributed by atoms with E-state index in [2.05, 4.69) is 114 Å². The average Bonchev–Trinajstić information content (AvgIpc) is 4.07. The van der Waals surface area contributed by atoms with Gasteiger partial charge in [-0.15, -0.1) is 0 Å². The van der Waals surface area contributed by atoms with Crippen molar-refractivity contribution in [1.29, 1.82) is 0 Å². The van der Waals surface area contributed by atoms with Crippen molar-refractivity contribution in [1.82, 2.24) is 9.13 Å². The van der Waals surface area contributed by atoms with E-state index in [0.717, 1.165) is 110 Å². The molecule has 0 unspecified atom stereocenters. The van der Waals surface area contributed by atoms with Gasteiger partial charge in [0.15, 0.2) is 0 Å². The number of aromatic nitrogens is 2. The van der Waals surface area contributed by atoms with Crippen LogP contribution in [0.2, 0.25) is 0 Å². The second-order valence-electron chi connectivity index (χ2n) is 15.0. The zero-order valence-corrected chi connectivity index (χ0v) is 30.9. The number of hydrogen-bond acceptors (Lipinski definition) is 2. The Morgan fingerprint density at radius 1 is 0.345 bits per heavy atom. The van der Waals surface area contributed by atoms with E-state index >= 15 is 0 Å². The minimum Gasteiger partial charge on any atom is -0.456 e. The molecule has 0 spiro atoms. The summed E-state index contributed by atoms with van der Waals surface area (Å²) in [4.78, 5) is 0. The van der Waals surface area contributed by atoms with Crippen LogP contribution in [-0.4, -0.2) is 9.13 Å². The topological polar surface area (TPSA) is 36.1 Å². The number of fused-ring (bicyclic) bond motifs is 12. The maximum atomic E-state index is 9.11. The zero-order valence-electron chi connectivity index (χ0n) is 34.9. The summed E-state index contributed by atoms with van der Waals surface area (Å²) in [5.41, 5.74) is 12.7. The van der Waals surface area contributed by atoms with Crippen LogP contribution in [0.5, 0.6) is 0 Å². The minimum absolute atomic E-state index is 0.0408. The Morgan fingerprint density at radius 2 is 0.862 bits per heavy atom. The van der Waals surface area contributed by atoms with Crippen molar-refractivity contribution in [2.75, 3.05) is 0 Å². The van der Waals surface area contributed by atoms with Gasteiger partial charge in [0.1, 0.15) is 22.3 Å². The summed E-state index contributed by atoms with van der Waals surface area (Å²) in [5, 5.41) is 7.60. The molecule has 0 bridgehead atoms. The van der Waals surface area contributed by atoms with Gasteiger partial charge in [0.25, 0.3) is 0 Å². The first-order chi connectivity index (χ1) is 30.4. The lowest BCUT2D eigenvalue weighted by Crippen LogP contribution is -2.01. The Hall–Kier alpha value is -7.82. The van der Waals surface area contributed by atoms with E-state index in [4.69, 9.17) is 14.3 Å². The van der Waals surface area contributed by atoms with Gasteiger partial charge in [-0.25, -0.2) is 0 Å². The Kier molecular flexibility index (Phi) is 5.66. The first kappa shape index (κ1) is 27.7. The van der Waals surface area contributed by atoms with Crippen LogP contribution in [-0.2, 0) is 0 Å². The Morgan fingerprint density at radius 3 is 1.52 bits per heavy atom. The van der Waals surface area contributed by atoms with Crippen LogP contribution < -0.4 is 0 Å². The molecule has 0 aliphatic carbocycles. The summed E-state index contributed by atoms with van der Waals surface area (Å²) in [6, 6.07) is 57.9. The number of para-hydroxylation sites is 6. The smallest absolute Gasteiger partial charge is 0.135 e. The predicted octanol–water partition coefficient (Wildman–Crippen LogP) is 15.0. The van der Waals surface area contributed by atoms with Crippen LogP contribution in [0.25, 0.3) is 121 Å². The molecule has 0 amide bonds. The summed E-state index contributed by atoms with van der Waals surface area (Å²) in [6.45, 7) is 0. The number of nitrogens with zero attached hydrogens (tertiary/aromatic N) is 2. The highest BCUT2D eigenvalue weighted by atomic mass is 16.3. The van der Waals surface area contributed by atoms with Crippen molar-refractivity contribution < 1.29 is 14.3 Å². The molecule has 4 heteroatoms. The van der Waals surface area contributed by atoms with E-state index in [1.54, 1.807) is 0 Å². The fourth-order valence-corrected chi connectivity index (χ4v) is 9.32. The SMILES string of the molecule is [2H]c1c([2H])c([2H])c2c(c1[2H])c1ccccc1n2-c1ccc2c(c1)c1ccccc1n2-c1c(-c2ccc3oc4ccccc4c3c2)cccc1-c1ccc2oc3ccccc3c2c1. The zero-order chi connectivity index (χ0) is 41.4. The molecular formula is C54H32N2O2. The summed E-state index contributed by atoms with van der Waals surface area (Å²) in [5.74, 6) is 0. The fraction of sp³-hybridized carbons (Fsp3) is 0. The highest BCUT2D eigenvalue weighted by molar-refractivity contribution is 6.14. The maximum absolute atomic E-state index is 9.11. The number of benzene rings is 9. The van der Waals surface area contributed by atoms with Gasteiger partial charge in [0.05, 0.1) is 33.2 Å². The average molecular weight is 745 g/mol. The highest BCUT2D eigenvalue weighted by Gasteiger charge is 2.22. The van der Waals surface area contributed by atoms with E-state index in [9.17, 15) is 0 Å². The lowest BCUT2D eigenvalue weighted by Gasteiger charge is -2.19. The van der Waals surface area contributed by atoms with Crippen LogP contribution in [0.1, 0.15) is 5.48 Å². The fourth-order valence-electron chi connectivity index (χ4n) is 9.32. The van der Waals surface area contributed by atoms with Crippen LogP contribution in [0.4, 0.5) is 0 Å². The van der Waals surface area contributed by atoms with Crippen LogP contribution in [0.15, 0.2) is 203 Å². The molecule has 0 radical (unpaired) electrons. The summed E-state index contributed by atoms with van der Waals surface area (Å²) in [6.07, 6.45) is 0. The molecule has 0 atom stereocenters. The number of hydrogen-bond donors (Lipinski definition) is 0. The van der Waals surface area contributed by atoms with E-state index in [1.807, 2.05) is 65.2 Å². The van der Waals surface area contributed by atoms with E-state index in [-0.39, 0.29) is 24.2 Å². The molecule has 0 N–H and O–H groups in total. The third-order valence-corrected chi connectivity index (χ3v) is 11.9. The van der Waals surface area contributed by atoms with Gasteiger partial charge in [0, 0.05) is 59.9 Å². The molecule has 0 saturated heterocycles. The minimum atomic E-state index is -0.253. The molecule has 0 saturated carbocycles. The largest absolute Gasteiger partial charge is 0.456 e. The molecule has 58 heavy (non-hydrogen) atoms. The van der Waals surface area contributed by atoms with Crippen molar-refractivity contribution in [3.05, 3.63) is 194 Å². The molecule has 4 nitrogen and oxygen atoms in total. The van der Waals surface area contributed by atoms with Crippen molar-refractivity contribution in [2.24, 2.45) is 0 Å².